The highest BCUT2D eigenvalue weighted by Gasteiger charge is 2.02. The van der Waals surface area contributed by atoms with Gasteiger partial charge in [-0.25, -0.2) is 9.97 Å². The molecule has 3 heteroatoms. The standard InChI is InChI=1S/C14H11BN2/c15-12-6-7-13-11(8-12)9-16-14(17-13)10-4-2-1-3-5-10/h1-9H,15H2. The Morgan fingerprint density at radius 1 is 0.941 bits per heavy atom. The summed E-state index contributed by atoms with van der Waals surface area (Å²) in [5.41, 5.74) is 3.27. The van der Waals surface area contributed by atoms with Gasteiger partial charge in [0.1, 0.15) is 7.85 Å². The van der Waals surface area contributed by atoms with E-state index in [1.165, 1.54) is 5.46 Å². The molecule has 0 amide bonds. The summed E-state index contributed by atoms with van der Waals surface area (Å²) in [6.45, 7) is 0. The van der Waals surface area contributed by atoms with Crippen LogP contribution in [0.2, 0.25) is 0 Å². The van der Waals surface area contributed by atoms with Gasteiger partial charge in [-0.05, 0) is 6.07 Å². The van der Waals surface area contributed by atoms with Crippen LogP contribution in [0.5, 0.6) is 0 Å². The van der Waals surface area contributed by atoms with E-state index in [1.807, 2.05) is 42.6 Å². The third-order valence-corrected chi connectivity index (χ3v) is 2.77. The van der Waals surface area contributed by atoms with Crippen LogP contribution >= 0.6 is 0 Å². The summed E-state index contributed by atoms with van der Waals surface area (Å²) in [5.74, 6) is 0.780. The van der Waals surface area contributed by atoms with Crippen LogP contribution in [0.25, 0.3) is 22.3 Å². The largest absolute Gasteiger partial charge is 0.236 e. The van der Waals surface area contributed by atoms with E-state index in [9.17, 15) is 0 Å². The van der Waals surface area contributed by atoms with Gasteiger partial charge < -0.3 is 0 Å². The average Bonchev–Trinajstić information content (AvgIpc) is 2.39. The Balaban J connectivity index is 2.17. The minimum atomic E-state index is 0.780. The quantitative estimate of drug-likeness (QED) is 0.579. The molecule has 0 saturated carbocycles. The van der Waals surface area contributed by atoms with Crippen LogP contribution in [-0.4, -0.2) is 17.8 Å². The fraction of sp³-hybridized carbons (Fsp3) is 0. The van der Waals surface area contributed by atoms with Gasteiger partial charge in [0.15, 0.2) is 5.82 Å². The zero-order valence-electron chi connectivity index (χ0n) is 9.59. The second-order valence-electron chi connectivity index (χ2n) is 4.12. The van der Waals surface area contributed by atoms with E-state index in [-0.39, 0.29) is 0 Å². The molecule has 0 unspecified atom stereocenters. The molecule has 0 fully saturated rings. The van der Waals surface area contributed by atoms with Crippen molar-refractivity contribution in [1.82, 2.24) is 9.97 Å². The molecule has 2 nitrogen and oxygen atoms in total. The van der Waals surface area contributed by atoms with Gasteiger partial charge in [0.25, 0.3) is 0 Å². The molecule has 0 aliphatic rings. The molecule has 3 aromatic rings. The van der Waals surface area contributed by atoms with E-state index in [1.54, 1.807) is 0 Å². The van der Waals surface area contributed by atoms with Crippen molar-refractivity contribution in [2.24, 2.45) is 0 Å². The van der Waals surface area contributed by atoms with Crippen molar-refractivity contribution in [3.8, 4) is 11.4 Å². The minimum Gasteiger partial charge on any atom is -0.236 e. The Bertz CT molecular complexity index is 665. The highest BCUT2D eigenvalue weighted by Crippen LogP contribution is 2.16. The molecule has 80 valence electrons. The third-order valence-electron chi connectivity index (χ3n) is 2.77. The summed E-state index contributed by atoms with van der Waals surface area (Å²) in [6, 6.07) is 16.3. The van der Waals surface area contributed by atoms with Crippen LogP contribution in [0.3, 0.4) is 0 Å². The fourth-order valence-corrected chi connectivity index (χ4v) is 1.88. The second-order valence-corrected chi connectivity index (χ2v) is 4.12. The molecular formula is C14H11BN2. The molecule has 0 saturated heterocycles. The maximum Gasteiger partial charge on any atom is 0.159 e. The van der Waals surface area contributed by atoms with Gasteiger partial charge in [-0.15, -0.1) is 0 Å². The topological polar surface area (TPSA) is 25.8 Å². The smallest absolute Gasteiger partial charge is 0.159 e. The van der Waals surface area contributed by atoms with Gasteiger partial charge in [0.05, 0.1) is 5.52 Å². The maximum absolute atomic E-state index is 4.58. The van der Waals surface area contributed by atoms with E-state index in [0.29, 0.717) is 0 Å². The highest BCUT2D eigenvalue weighted by atomic mass is 14.9. The summed E-state index contributed by atoms with van der Waals surface area (Å²) >= 11 is 0. The van der Waals surface area contributed by atoms with Gasteiger partial charge in [-0.2, -0.15) is 0 Å². The number of rotatable bonds is 1. The lowest BCUT2D eigenvalue weighted by Gasteiger charge is -2.02. The first-order chi connectivity index (χ1) is 8.33. The van der Waals surface area contributed by atoms with Crippen LogP contribution in [-0.2, 0) is 0 Å². The highest BCUT2D eigenvalue weighted by molar-refractivity contribution is 6.33. The van der Waals surface area contributed by atoms with E-state index in [0.717, 1.165) is 22.3 Å². The number of hydrogen-bond donors (Lipinski definition) is 0. The number of benzene rings is 2. The van der Waals surface area contributed by atoms with E-state index in [4.69, 9.17) is 0 Å². The molecule has 0 spiro atoms. The summed E-state index contributed by atoms with van der Waals surface area (Å²) in [5, 5.41) is 1.09. The number of nitrogens with zero attached hydrogens (tertiary/aromatic N) is 2. The molecule has 0 aliphatic carbocycles. The molecule has 2 aromatic carbocycles. The number of aromatic nitrogens is 2. The number of fused-ring (bicyclic) bond motifs is 1. The Morgan fingerprint density at radius 2 is 1.76 bits per heavy atom. The predicted molar refractivity (Wildman–Crippen MR) is 73.2 cm³/mol. The van der Waals surface area contributed by atoms with Gasteiger partial charge in [-0.3, -0.25) is 0 Å². The van der Waals surface area contributed by atoms with Crippen molar-refractivity contribution in [3.05, 3.63) is 54.7 Å². The van der Waals surface area contributed by atoms with Crippen molar-refractivity contribution >= 4 is 24.2 Å². The van der Waals surface area contributed by atoms with E-state index in [2.05, 4.69) is 29.9 Å². The Kier molecular flexibility index (Phi) is 2.37. The van der Waals surface area contributed by atoms with Gasteiger partial charge in [0.2, 0.25) is 0 Å². The normalized spacial score (nSPS) is 10.6. The molecule has 3 rings (SSSR count). The average molecular weight is 218 g/mol. The molecule has 0 aliphatic heterocycles. The van der Waals surface area contributed by atoms with Gasteiger partial charge >= 0.3 is 0 Å². The first-order valence-electron chi connectivity index (χ1n) is 5.62. The van der Waals surface area contributed by atoms with Crippen molar-refractivity contribution in [1.29, 1.82) is 0 Å². The van der Waals surface area contributed by atoms with Gasteiger partial charge in [-0.1, -0.05) is 47.9 Å². The van der Waals surface area contributed by atoms with Crippen LogP contribution in [0.4, 0.5) is 0 Å². The monoisotopic (exact) mass is 218 g/mol. The summed E-state index contributed by atoms with van der Waals surface area (Å²) in [4.78, 5) is 8.98. The molecule has 1 heterocycles. The molecule has 17 heavy (non-hydrogen) atoms. The van der Waals surface area contributed by atoms with Crippen molar-refractivity contribution < 1.29 is 0 Å². The summed E-state index contributed by atoms with van der Waals surface area (Å²) < 4.78 is 0. The third kappa shape index (κ3) is 1.92. The summed E-state index contributed by atoms with van der Waals surface area (Å²) in [7, 11) is 2.07. The van der Waals surface area contributed by atoms with Crippen molar-refractivity contribution in [3.63, 3.8) is 0 Å². The van der Waals surface area contributed by atoms with Crippen LogP contribution in [0.1, 0.15) is 0 Å². The fourth-order valence-electron chi connectivity index (χ4n) is 1.88. The van der Waals surface area contributed by atoms with Gasteiger partial charge in [0, 0.05) is 17.1 Å². The predicted octanol–water partition coefficient (Wildman–Crippen LogP) is 1.56. The second kappa shape index (κ2) is 4.02. The van der Waals surface area contributed by atoms with Crippen molar-refractivity contribution in [2.45, 2.75) is 0 Å². The Labute approximate surface area is 101 Å². The molecular weight excluding hydrogens is 207 g/mol. The number of hydrogen-bond acceptors (Lipinski definition) is 2. The molecule has 0 radical (unpaired) electrons. The first kappa shape index (κ1) is 10.0. The van der Waals surface area contributed by atoms with Crippen LogP contribution in [0.15, 0.2) is 54.7 Å². The Morgan fingerprint density at radius 3 is 2.59 bits per heavy atom. The minimum absolute atomic E-state index is 0.780. The van der Waals surface area contributed by atoms with Crippen LogP contribution < -0.4 is 5.46 Å². The summed E-state index contributed by atoms with van der Waals surface area (Å²) in [6.07, 6.45) is 1.89. The van der Waals surface area contributed by atoms with Crippen LogP contribution in [0, 0.1) is 0 Å². The lowest BCUT2D eigenvalue weighted by atomic mass is 9.95. The lowest BCUT2D eigenvalue weighted by molar-refractivity contribution is 1.23. The van der Waals surface area contributed by atoms with Crippen molar-refractivity contribution in [2.75, 3.05) is 0 Å². The van der Waals surface area contributed by atoms with E-state index < -0.39 is 0 Å². The molecule has 0 N–H and O–H groups in total. The molecule has 0 bridgehead atoms. The molecule has 0 atom stereocenters. The first-order valence-corrected chi connectivity index (χ1v) is 5.62. The molecule has 1 aromatic heterocycles. The zero-order valence-corrected chi connectivity index (χ0v) is 9.59. The SMILES string of the molecule is Bc1ccc2nc(-c3ccccc3)ncc2c1. The zero-order chi connectivity index (χ0) is 11.7. The lowest BCUT2D eigenvalue weighted by Crippen LogP contribution is -2.01. The Hall–Kier alpha value is -2.16. The maximum atomic E-state index is 4.58. The van der Waals surface area contributed by atoms with E-state index >= 15 is 0 Å².